The minimum atomic E-state index is -1.53. The summed E-state index contributed by atoms with van der Waals surface area (Å²) in [5.41, 5.74) is -0.805. The number of carbonyl (C=O) groups excluding carboxylic acids is 3. The summed E-state index contributed by atoms with van der Waals surface area (Å²) >= 11 is 0. The van der Waals surface area contributed by atoms with Crippen molar-refractivity contribution in [2.45, 2.75) is 77.6 Å². The molecule has 0 spiro atoms. The first-order chi connectivity index (χ1) is 15.3. The molecule has 0 N–H and O–H groups in total. The number of halogens is 1. The maximum atomic E-state index is 13.9. The zero-order valence-electron chi connectivity index (χ0n) is 19.8. The van der Waals surface area contributed by atoms with Crippen molar-refractivity contribution in [3.05, 3.63) is 47.7 Å². The van der Waals surface area contributed by atoms with E-state index in [1.807, 2.05) is 20.8 Å². The van der Waals surface area contributed by atoms with E-state index in [1.165, 1.54) is 4.68 Å². The third kappa shape index (κ3) is 5.77. The van der Waals surface area contributed by atoms with Crippen LogP contribution in [0.25, 0.3) is 0 Å². The number of nitrogens with zero attached hydrogens (tertiary/aromatic N) is 3. The van der Waals surface area contributed by atoms with Crippen LogP contribution < -0.4 is 5.06 Å². The number of ether oxygens (including phenoxy) is 1. The van der Waals surface area contributed by atoms with Crippen LogP contribution in [-0.2, 0) is 19.9 Å². The molecule has 1 aliphatic carbocycles. The molecule has 1 heterocycles. The second-order valence-corrected chi connectivity index (χ2v) is 10.1. The van der Waals surface area contributed by atoms with Crippen molar-refractivity contribution in [2.24, 2.45) is 0 Å². The molecular weight excluding hydrogens is 429 g/mol. The third-order valence-electron chi connectivity index (χ3n) is 5.00. The molecule has 1 saturated carbocycles. The van der Waals surface area contributed by atoms with E-state index in [0.717, 1.165) is 5.06 Å². The molecule has 2 atom stereocenters. The lowest BCUT2D eigenvalue weighted by Crippen LogP contribution is -2.41. The van der Waals surface area contributed by atoms with E-state index in [0.29, 0.717) is 5.69 Å². The maximum absolute atomic E-state index is 13.9. The van der Waals surface area contributed by atoms with E-state index in [-0.39, 0.29) is 24.2 Å². The first kappa shape index (κ1) is 24.4. The number of Topliss-reactive ketones (excluding diaryl/α,β-unsaturated/α-hetero) is 1. The molecule has 178 valence electrons. The van der Waals surface area contributed by atoms with Crippen molar-refractivity contribution in [1.82, 2.24) is 9.78 Å². The average molecular weight is 460 g/mol. The van der Waals surface area contributed by atoms with Crippen LogP contribution in [-0.4, -0.2) is 39.4 Å². The summed E-state index contributed by atoms with van der Waals surface area (Å²) in [4.78, 5) is 43.2. The highest BCUT2D eigenvalue weighted by Gasteiger charge is 2.38. The Morgan fingerprint density at radius 2 is 1.76 bits per heavy atom. The number of rotatable bonds is 3. The highest BCUT2D eigenvalue weighted by molar-refractivity contribution is 5.94. The van der Waals surface area contributed by atoms with Gasteiger partial charge in [0.1, 0.15) is 5.60 Å². The summed E-state index contributed by atoms with van der Waals surface area (Å²) in [6.07, 6.45) is -2.39. The molecule has 8 nitrogen and oxygen atoms in total. The quantitative estimate of drug-likeness (QED) is 0.604. The van der Waals surface area contributed by atoms with Gasteiger partial charge in [-0.2, -0.15) is 5.10 Å². The van der Waals surface area contributed by atoms with E-state index in [2.05, 4.69) is 5.10 Å². The molecule has 1 aromatic carbocycles. The van der Waals surface area contributed by atoms with Crippen molar-refractivity contribution < 1.29 is 28.3 Å². The van der Waals surface area contributed by atoms with E-state index in [4.69, 9.17) is 9.57 Å². The number of hydrogen-bond acceptors (Lipinski definition) is 6. The summed E-state index contributed by atoms with van der Waals surface area (Å²) < 4.78 is 20.9. The standard InChI is InChI=1S/C24H30FN3O5/c1-23(2,3)28-20(14-18(26-28)16-12-17(25)19(29)13-16)27(22(31)32-24(4,5)6)33-21(30)15-10-8-7-9-11-15/h7-11,14,16-17H,12-13H2,1-6H3/t16-,17+/m1/s1. The smallest absolute Gasteiger partial charge is 0.441 e. The largest absolute Gasteiger partial charge is 0.450 e. The first-order valence-electron chi connectivity index (χ1n) is 10.8. The minimum Gasteiger partial charge on any atom is -0.441 e. The van der Waals surface area contributed by atoms with Gasteiger partial charge in [-0.25, -0.2) is 18.7 Å². The Labute approximate surface area is 192 Å². The van der Waals surface area contributed by atoms with Crippen molar-refractivity contribution in [2.75, 3.05) is 5.06 Å². The summed E-state index contributed by atoms with van der Waals surface area (Å²) in [6.45, 7) is 10.7. The van der Waals surface area contributed by atoms with Gasteiger partial charge in [0.15, 0.2) is 17.8 Å². The van der Waals surface area contributed by atoms with Crippen LogP contribution in [0.5, 0.6) is 0 Å². The molecule has 9 heteroatoms. The van der Waals surface area contributed by atoms with Gasteiger partial charge in [-0.1, -0.05) is 23.3 Å². The molecule has 0 bridgehead atoms. The van der Waals surface area contributed by atoms with E-state index in [1.54, 1.807) is 57.2 Å². The Kier molecular flexibility index (Phi) is 6.63. The molecule has 1 aliphatic rings. The summed E-state index contributed by atoms with van der Waals surface area (Å²) in [6, 6.07) is 9.78. The number of aromatic nitrogens is 2. The van der Waals surface area contributed by atoms with Gasteiger partial charge in [0.05, 0.1) is 16.8 Å². The monoisotopic (exact) mass is 459 g/mol. The number of hydrogen-bond donors (Lipinski definition) is 0. The molecule has 1 amide bonds. The predicted octanol–water partition coefficient (Wildman–Crippen LogP) is 4.94. The summed E-state index contributed by atoms with van der Waals surface area (Å²) in [7, 11) is 0. The molecule has 0 aliphatic heterocycles. The Bertz CT molecular complexity index is 1040. The molecule has 0 saturated heterocycles. The van der Waals surface area contributed by atoms with Crippen LogP contribution in [0.15, 0.2) is 36.4 Å². The van der Waals surface area contributed by atoms with E-state index >= 15 is 0 Å². The molecular formula is C24H30FN3O5. The van der Waals surface area contributed by atoms with Crippen molar-refractivity contribution in [1.29, 1.82) is 0 Å². The van der Waals surface area contributed by atoms with Gasteiger partial charge >= 0.3 is 12.1 Å². The first-order valence-corrected chi connectivity index (χ1v) is 10.8. The van der Waals surface area contributed by atoms with Gasteiger partial charge in [0, 0.05) is 18.4 Å². The second kappa shape index (κ2) is 8.96. The van der Waals surface area contributed by atoms with Crippen molar-refractivity contribution >= 4 is 23.7 Å². The molecule has 1 aromatic heterocycles. The maximum Gasteiger partial charge on any atom is 0.450 e. The van der Waals surface area contributed by atoms with E-state index in [9.17, 15) is 18.8 Å². The fraction of sp³-hybridized carbons (Fsp3) is 0.500. The average Bonchev–Trinajstić information content (AvgIpc) is 3.29. The molecule has 3 rings (SSSR count). The Morgan fingerprint density at radius 1 is 1.12 bits per heavy atom. The van der Waals surface area contributed by atoms with Crippen molar-refractivity contribution in [3.63, 3.8) is 0 Å². The second-order valence-electron chi connectivity index (χ2n) is 10.1. The van der Waals surface area contributed by atoms with Crippen molar-refractivity contribution in [3.8, 4) is 0 Å². The zero-order valence-corrected chi connectivity index (χ0v) is 19.8. The highest BCUT2D eigenvalue weighted by atomic mass is 19.1. The zero-order chi connectivity index (χ0) is 24.6. The van der Waals surface area contributed by atoms with E-state index < -0.39 is 41.1 Å². The van der Waals surface area contributed by atoms with Crippen LogP contribution in [0.1, 0.15) is 76.4 Å². The predicted molar refractivity (Wildman–Crippen MR) is 120 cm³/mol. The number of amides is 1. The number of hydroxylamine groups is 1. The normalized spacial score (nSPS) is 18.8. The number of anilines is 1. The number of alkyl halides is 1. The number of ketones is 1. The Balaban J connectivity index is 2.05. The fourth-order valence-corrected chi connectivity index (χ4v) is 3.48. The molecule has 33 heavy (non-hydrogen) atoms. The van der Waals surface area contributed by atoms with Gasteiger partial charge in [-0.3, -0.25) is 4.79 Å². The van der Waals surface area contributed by atoms with Gasteiger partial charge in [-0.15, -0.1) is 0 Å². The van der Waals surface area contributed by atoms with Crippen LogP contribution in [0.4, 0.5) is 15.0 Å². The summed E-state index contributed by atoms with van der Waals surface area (Å²) in [5.74, 6) is -1.51. The molecule has 0 radical (unpaired) electrons. The fourth-order valence-electron chi connectivity index (χ4n) is 3.48. The Hall–Kier alpha value is -3.23. The Morgan fingerprint density at radius 3 is 2.27 bits per heavy atom. The summed E-state index contributed by atoms with van der Waals surface area (Å²) in [5, 5.41) is 5.34. The van der Waals surface area contributed by atoms with Crippen LogP contribution >= 0.6 is 0 Å². The highest BCUT2D eigenvalue weighted by Crippen LogP contribution is 2.37. The number of benzene rings is 1. The van der Waals surface area contributed by atoms with Crippen LogP contribution in [0, 0.1) is 0 Å². The SMILES string of the molecule is CC(C)(C)OC(=O)N(OC(=O)c1ccccc1)c1cc([C@H]2CC(=O)[C@@H](F)C2)nn1C(C)(C)C. The van der Waals surface area contributed by atoms with Gasteiger partial charge < -0.3 is 9.57 Å². The minimum absolute atomic E-state index is 0.0235. The van der Waals surface area contributed by atoms with Crippen LogP contribution in [0.3, 0.4) is 0 Å². The molecule has 0 unspecified atom stereocenters. The lowest BCUT2D eigenvalue weighted by Gasteiger charge is -2.29. The van der Waals surface area contributed by atoms with Gasteiger partial charge in [0.2, 0.25) is 0 Å². The lowest BCUT2D eigenvalue weighted by molar-refractivity contribution is -0.121. The molecule has 2 aromatic rings. The third-order valence-corrected chi connectivity index (χ3v) is 5.00. The molecule has 1 fully saturated rings. The van der Waals surface area contributed by atoms with Gasteiger partial charge in [-0.05, 0) is 60.1 Å². The lowest BCUT2D eigenvalue weighted by atomic mass is 10.0. The van der Waals surface area contributed by atoms with Gasteiger partial charge in [0.25, 0.3) is 0 Å². The topological polar surface area (TPSA) is 90.7 Å². The van der Waals surface area contributed by atoms with Crippen LogP contribution in [0.2, 0.25) is 0 Å². The number of carbonyl (C=O) groups is 3.